The van der Waals surface area contributed by atoms with Crippen molar-refractivity contribution in [1.29, 1.82) is 0 Å². The number of para-hydroxylation sites is 1. The van der Waals surface area contributed by atoms with Crippen LogP contribution in [0, 0.1) is 0 Å². The van der Waals surface area contributed by atoms with E-state index in [0.717, 1.165) is 31.4 Å². The topological polar surface area (TPSA) is 70.0 Å². The zero-order chi connectivity index (χ0) is 14.1. The Morgan fingerprint density at radius 1 is 1.30 bits per heavy atom. The van der Waals surface area contributed by atoms with Gasteiger partial charge in [0.15, 0.2) is 5.75 Å². The summed E-state index contributed by atoms with van der Waals surface area (Å²) in [6.45, 7) is 1.15. The number of aromatic carboxylic acids is 1. The van der Waals surface area contributed by atoms with E-state index in [9.17, 15) is 15.0 Å². The van der Waals surface area contributed by atoms with E-state index in [1.807, 2.05) is 6.07 Å². The summed E-state index contributed by atoms with van der Waals surface area (Å²) in [4.78, 5) is 13.4. The molecule has 0 spiro atoms. The van der Waals surface area contributed by atoms with Crippen LogP contribution < -0.4 is 9.64 Å². The molecule has 2 aliphatic rings. The molecule has 1 aromatic rings. The van der Waals surface area contributed by atoms with Crippen molar-refractivity contribution in [3.8, 4) is 5.75 Å². The molecule has 1 heterocycles. The van der Waals surface area contributed by atoms with Gasteiger partial charge in [0.25, 0.3) is 0 Å². The first kappa shape index (κ1) is 13.2. The van der Waals surface area contributed by atoms with Gasteiger partial charge in [-0.1, -0.05) is 18.9 Å². The molecule has 0 amide bonds. The number of anilines is 1. The molecular formula is C15H19NO4. The predicted octanol–water partition coefficient (Wildman–Crippen LogP) is 1.89. The maximum absolute atomic E-state index is 11.3. The Kier molecular flexibility index (Phi) is 3.53. The molecule has 5 nitrogen and oxygen atoms in total. The van der Waals surface area contributed by atoms with Gasteiger partial charge in [-0.05, 0) is 25.0 Å². The van der Waals surface area contributed by atoms with Crippen molar-refractivity contribution < 1.29 is 19.7 Å². The minimum atomic E-state index is -0.979. The normalized spacial score (nSPS) is 25.8. The number of nitrogens with zero attached hydrogens (tertiary/aromatic N) is 1. The third-order valence-corrected chi connectivity index (χ3v) is 4.21. The number of carbonyl (C=O) groups is 1. The van der Waals surface area contributed by atoms with Gasteiger partial charge in [-0.2, -0.15) is 0 Å². The van der Waals surface area contributed by atoms with Gasteiger partial charge in [-0.3, -0.25) is 0 Å². The van der Waals surface area contributed by atoms with Crippen LogP contribution in [-0.2, 0) is 0 Å². The second-order valence-corrected chi connectivity index (χ2v) is 5.42. The maximum atomic E-state index is 11.3. The Balaban J connectivity index is 1.97. The average molecular weight is 277 g/mol. The quantitative estimate of drug-likeness (QED) is 0.864. The number of ether oxygens (including phenoxy) is 1. The lowest BCUT2D eigenvalue weighted by atomic mass is 9.90. The smallest absolute Gasteiger partial charge is 0.339 e. The zero-order valence-electron chi connectivity index (χ0n) is 11.3. The highest BCUT2D eigenvalue weighted by atomic mass is 16.5. The number of aliphatic hydroxyl groups is 1. The summed E-state index contributed by atoms with van der Waals surface area (Å²) >= 11 is 0. The molecule has 0 saturated heterocycles. The lowest BCUT2D eigenvalue weighted by Crippen LogP contribution is -2.49. The van der Waals surface area contributed by atoms with Crippen molar-refractivity contribution in [3.63, 3.8) is 0 Å². The molecule has 20 heavy (non-hydrogen) atoms. The Morgan fingerprint density at radius 3 is 2.85 bits per heavy atom. The van der Waals surface area contributed by atoms with Crippen LogP contribution in [0.1, 0.15) is 36.0 Å². The van der Waals surface area contributed by atoms with Crippen molar-refractivity contribution in [3.05, 3.63) is 23.8 Å². The van der Waals surface area contributed by atoms with Crippen LogP contribution in [-0.4, -0.2) is 41.5 Å². The van der Waals surface area contributed by atoms with E-state index in [1.165, 1.54) is 0 Å². The fraction of sp³-hybridized carbons (Fsp3) is 0.533. The van der Waals surface area contributed by atoms with E-state index in [0.29, 0.717) is 18.9 Å². The van der Waals surface area contributed by atoms with E-state index >= 15 is 0 Å². The molecule has 1 aliphatic heterocycles. The first-order chi connectivity index (χ1) is 9.68. The summed E-state index contributed by atoms with van der Waals surface area (Å²) in [5.41, 5.74) is 0.986. The number of benzene rings is 1. The van der Waals surface area contributed by atoms with Gasteiger partial charge in [-0.15, -0.1) is 0 Å². The molecule has 108 valence electrons. The second-order valence-electron chi connectivity index (χ2n) is 5.42. The van der Waals surface area contributed by atoms with Crippen LogP contribution in [0.5, 0.6) is 5.75 Å². The van der Waals surface area contributed by atoms with Crippen molar-refractivity contribution in [1.82, 2.24) is 0 Å². The van der Waals surface area contributed by atoms with E-state index in [-0.39, 0.29) is 17.7 Å². The monoisotopic (exact) mass is 277 g/mol. The first-order valence-corrected chi connectivity index (χ1v) is 7.12. The maximum Gasteiger partial charge on any atom is 0.339 e. The van der Waals surface area contributed by atoms with Gasteiger partial charge in [0.05, 0.1) is 24.4 Å². The SMILES string of the molecule is O=C(O)c1cccc2c1OCCN2C1CCCCC1O. The summed E-state index contributed by atoms with van der Waals surface area (Å²) in [6, 6.07) is 5.24. The minimum absolute atomic E-state index is 0.0652. The van der Waals surface area contributed by atoms with Gasteiger partial charge < -0.3 is 19.8 Å². The Hall–Kier alpha value is -1.75. The fourth-order valence-corrected chi connectivity index (χ4v) is 3.24. The molecule has 0 bridgehead atoms. The largest absolute Gasteiger partial charge is 0.489 e. The summed E-state index contributed by atoms with van der Waals surface area (Å²) in [6.07, 6.45) is 3.58. The van der Waals surface area contributed by atoms with Crippen LogP contribution in [0.25, 0.3) is 0 Å². The molecule has 0 aromatic heterocycles. The van der Waals surface area contributed by atoms with E-state index < -0.39 is 5.97 Å². The molecule has 2 N–H and O–H groups in total. The minimum Gasteiger partial charge on any atom is -0.489 e. The molecule has 1 fully saturated rings. The van der Waals surface area contributed by atoms with E-state index in [1.54, 1.807) is 12.1 Å². The van der Waals surface area contributed by atoms with Crippen molar-refractivity contribution in [2.24, 2.45) is 0 Å². The van der Waals surface area contributed by atoms with Crippen molar-refractivity contribution in [2.45, 2.75) is 37.8 Å². The first-order valence-electron chi connectivity index (χ1n) is 7.12. The fourth-order valence-electron chi connectivity index (χ4n) is 3.24. The van der Waals surface area contributed by atoms with Gasteiger partial charge in [-0.25, -0.2) is 4.79 Å². The molecular weight excluding hydrogens is 258 g/mol. The highest BCUT2D eigenvalue weighted by Gasteiger charge is 2.33. The van der Waals surface area contributed by atoms with Gasteiger partial charge in [0, 0.05) is 0 Å². The van der Waals surface area contributed by atoms with Crippen LogP contribution >= 0.6 is 0 Å². The molecule has 2 unspecified atom stereocenters. The third kappa shape index (κ3) is 2.22. The summed E-state index contributed by atoms with van der Waals surface area (Å²) in [5, 5.41) is 19.5. The van der Waals surface area contributed by atoms with Crippen LogP contribution in [0.15, 0.2) is 18.2 Å². The number of hydrogen-bond donors (Lipinski definition) is 2. The number of carboxylic acid groups (broad SMARTS) is 1. The van der Waals surface area contributed by atoms with Gasteiger partial charge >= 0.3 is 5.97 Å². The second kappa shape index (κ2) is 5.32. The molecule has 5 heteroatoms. The van der Waals surface area contributed by atoms with E-state index in [2.05, 4.69) is 4.90 Å². The van der Waals surface area contributed by atoms with E-state index in [4.69, 9.17) is 4.74 Å². The highest BCUT2D eigenvalue weighted by molar-refractivity contribution is 5.93. The van der Waals surface area contributed by atoms with Gasteiger partial charge in [0.1, 0.15) is 12.2 Å². The summed E-state index contributed by atoms with van der Waals surface area (Å²) < 4.78 is 5.57. The zero-order valence-corrected chi connectivity index (χ0v) is 11.3. The lowest BCUT2D eigenvalue weighted by molar-refractivity contribution is 0.0691. The van der Waals surface area contributed by atoms with Crippen molar-refractivity contribution in [2.75, 3.05) is 18.1 Å². The Labute approximate surface area is 117 Å². The summed E-state index contributed by atoms with van der Waals surface area (Å²) in [5.74, 6) is -0.545. The number of aliphatic hydroxyl groups excluding tert-OH is 1. The van der Waals surface area contributed by atoms with Gasteiger partial charge in [0.2, 0.25) is 0 Å². The Morgan fingerprint density at radius 2 is 2.10 bits per heavy atom. The number of carboxylic acids is 1. The summed E-state index contributed by atoms with van der Waals surface area (Å²) in [7, 11) is 0. The standard InChI is InChI=1S/C15H19NO4/c17-13-7-2-1-5-11(13)16-8-9-20-14-10(15(18)19)4-3-6-12(14)16/h3-4,6,11,13,17H,1-2,5,7-9H2,(H,18,19). The highest BCUT2D eigenvalue weighted by Crippen LogP contribution is 2.38. The number of rotatable bonds is 2. The van der Waals surface area contributed by atoms with Crippen LogP contribution in [0.2, 0.25) is 0 Å². The predicted molar refractivity (Wildman–Crippen MR) is 74.5 cm³/mol. The molecule has 1 aliphatic carbocycles. The van der Waals surface area contributed by atoms with Crippen molar-refractivity contribution >= 4 is 11.7 Å². The van der Waals surface area contributed by atoms with Crippen LogP contribution in [0.3, 0.4) is 0 Å². The third-order valence-electron chi connectivity index (χ3n) is 4.21. The Bertz CT molecular complexity index is 517. The lowest BCUT2D eigenvalue weighted by Gasteiger charge is -2.42. The average Bonchev–Trinajstić information content (AvgIpc) is 2.46. The number of fused-ring (bicyclic) bond motifs is 1. The molecule has 1 saturated carbocycles. The van der Waals surface area contributed by atoms with Crippen LogP contribution in [0.4, 0.5) is 5.69 Å². The molecule has 1 aromatic carbocycles. The molecule has 2 atom stereocenters. The molecule has 3 rings (SSSR count). The molecule has 0 radical (unpaired) electrons. The number of hydrogen-bond acceptors (Lipinski definition) is 4.